The Bertz CT molecular complexity index is 450. The molecule has 0 unspecified atom stereocenters. The third-order valence-electron chi connectivity index (χ3n) is 3.50. The molecule has 2 N–H and O–H groups in total. The first-order valence-electron chi connectivity index (χ1n) is 6.76. The molecule has 106 valence electrons. The molecule has 19 heavy (non-hydrogen) atoms. The van der Waals surface area contributed by atoms with Crippen LogP contribution in [-0.4, -0.2) is 19.4 Å². The van der Waals surface area contributed by atoms with E-state index in [-0.39, 0.29) is 5.78 Å². The summed E-state index contributed by atoms with van der Waals surface area (Å²) in [5, 5.41) is 0. The molecule has 0 bridgehead atoms. The van der Waals surface area contributed by atoms with Crippen molar-refractivity contribution in [3.63, 3.8) is 0 Å². The van der Waals surface area contributed by atoms with Gasteiger partial charge in [-0.15, -0.1) is 0 Å². The minimum atomic E-state index is -0.419. The fourth-order valence-corrected chi connectivity index (χ4v) is 2.19. The minimum absolute atomic E-state index is 0.141. The molecule has 0 amide bonds. The smallest absolute Gasteiger partial charge is 0.168 e. The molecule has 3 nitrogen and oxygen atoms in total. The van der Waals surface area contributed by atoms with E-state index < -0.39 is 5.41 Å². The third kappa shape index (κ3) is 3.57. The molecule has 0 radical (unpaired) electrons. The lowest BCUT2D eigenvalue weighted by atomic mass is 9.80. The molecule has 1 aromatic rings. The van der Waals surface area contributed by atoms with Crippen molar-refractivity contribution in [2.75, 3.05) is 13.7 Å². The number of ketones is 1. The molecule has 1 aromatic carbocycles. The van der Waals surface area contributed by atoms with Gasteiger partial charge in [0.15, 0.2) is 5.78 Å². The topological polar surface area (TPSA) is 52.3 Å². The average molecular weight is 263 g/mol. The Morgan fingerprint density at radius 3 is 2.47 bits per heavy atom. The minimum Gasteiger partial charge on any atom is -0.496 e. The summed E-state index contributed by atoms with van der Waals surface area (Å²) in [7, 11) is 1.65. The van der Waals surface area contributed by atoms with Gasteiger partial charge in [-0.3, -0.25) is 4.79 Å². The molecule has 0 heterocycles. The van der Waals surface area contributed by atoms with Crippen LogP contribution in [0.15, 0.2) is 18.2 Å². The van der Waals surface area contributed by atoms with Crippen molar-refractivity contribution in [1.82, 2.24) is 0 Å². The van der Waals surface area contributed by atoms with Crippen LogP contribution in [0.5, 0.6) is 5.75 Å². The highest BCUT2D eigenvalue weighted by Crippen LogP contribution is 2.31. The van der Waals surface area contributed by atoms with Crippen molar-refractivity contribution in [2.45, 2.75) is 40.0 Å². The lowest BCUT2D eigenvalue weighted by Gasteiger charge is -2.23. The van der Waals surface area contributed by atoms with Crippen LogP contribution in [0, 0.1) is 5.41 Å². The lowest BCUT2D eigenvalue weighted by Crippen LogP contribution is -2.27. The highest BCUT2D eigenvalue weighted by molar-refractivity contribution is 6.00. The van der Waals surface area contributed by atoms with Crippen LogP contribution in [0.1, 0.15) is 56.0 Å². The summed E-state index contributed by atoms with van der Waals surface area (Å²) in [5.74, 6) is 1.30. The molecule has 0 spiro atoms. The molecular formula is C16H25NO2. The van der Waals surface area contributed by atoms with Crippen LogP contribution in [0.4, 0.5) is 0 Å². The predicted octanol–water partition coefficient (Wildman–Crippen LogP) is 3.38. The van der Waals surface area contributed by atoms with Crippen LogP contribution in [0.25, 0.3) is 0 Å². The molecule has 0 aliphatic heterocycles. The second kappa shape index (κ2) is 6.20. The van der Waals surface area contributed by atoms with Gasteiger partial charge in [-0.1, -0.05) is 27.7 Å². The van der Waals surface area contributed by atoms with Gasteiger partial charge < -0.3 is 10.5 Å². The molecule has 0 saturated heterocycles. The number of hydrogen-bond donors (Lipinski definition) is 1. The Hall–Kier alpha value is -1.35. The number of hydrogen-bond acceptors (Lipinski definition) is 3. The van der Waals surface area contributed by atoms with Gasteiger partial charge >= 0.3 is 0 Å². The van der Waals surface area contributed by atoms with Crippen molar-refractivity contribution >= 4 is 5.78 Å². The maximum absolute atomic E-state index is 12.5. The van der Waals surface area contributed by atoms with Gasteiger partial charge in [0.25, 0.3) is 0 Å². The number of nitrogens with two attached hydrogens (primary N) is 1. The van der Waals surface area contributed by atoms with Crippen molar-refractivity contribution in [2.24, 2.45) is 11.1 Å². The van der Waals surface area contributed by atoms with Crippen molar-refractivity contribution in [3.8, 4) is 5.75 Å². The second-order valence-electron chi connectivity index (χ2n) is 5.86. The van der Waals surface area contributed by atoms with E-state index in [0.29, 0.717) is 18.9 Å². The Kier molecular flexibility index (Phi) is 5.12. The van der Waals surface area contributed by atoms with Crippen molar-refractivity contribution in [1.29, 1.82) is 0 Å². The van der Waals surface area contributed by atoms with E-state index in [1.54, 1.807) is 7.11 Å². The third-order valence-corrected chi connectivity index (χ3v) is 3.50. The van der Waals surface area contributed by atoms with Crippen LogP contribution in [0.2, 0.25) is 0 Å². The van der Waals surface area contributed by atoms with Gasteiger partial charge in [0.05, 0.1) is 7.11 Å². The van der Waals surface area contributed by atoms with Gasteiger partial charge in [-0.05, 0) is 42.6 Å². The zero-order valence-electron chi connectivity index (χ0n) is 12.6. The molecule has 0 aromatic heterocycles. The molecule has 0 fully saturated rings. The first kappa shape index (κ1) is 15.7. The molecule has 3 heteroatoms. The molecule has 0 aliphatic rings. The van der Waals surface area contributed by atoms with Gasteiger partial charge in [-0.25, -0.2) is 0 Å². The highest BCUT2D eigenvalue weighted by atomic mass is 16.5. The Labute approximate surface area is 116 Å². The van der Waals surface area contributed by atoms with Gasteiger partial charge in [0.1, 0.15) is 5.75 Å². The number of ether oxygens (including phenoxy) is 1. The SMILES string of the molecule is COc1ccc(C(=O)C(C)(C)CCN)cc1C(C)C. The van der Waals surface area contributed by atoms with Crippen molar-refractivity contribution in [3.05, 3.63) is 29.3 Å². The summed E-state index contributed by atoms with van der Waals surface area (Å²) in [4.78, 5) is 12.5. The zero-order chi connectivity index (χ0) is 14.6. The van der Waals surface area contributed by atoms with Crippen LogP contribution < -0.4 is 10.5 Å². The predicted molar refractivity (Wildman–Crippen MR) is 78.9 cm³/mol. The number of Topliss-reactive ketones (excluding diaryl/α,β-unsaturated/α-hetero) is 1. The van der Waals surface area contributed by atoms with E-state index in [1.165, 1.54) is 0 Å². The van der Waals surface area contributed by atoms with E-state index in [0.717, 1.165) is 16.9 Å². The van der Waals surface area contributed by atoms with E-state index >= 15 is 0 Å². The maximum atomic E-state index is 12.5. The Morgan fingerprint density at radius 1 is 1.37 bits per heavy atom. The lowest BCUT2D eigenvalue weighted by molar-refractivity contribution is 0.0829. The first-order chi connectivity index (χ1) is 8.83. The fourth-order valence-electron chi connectivity index (χ4n) is 2.19. The second-order valence-corrected chi connectivity index (χ2v) is 5.86. The monoisotopic (exact) mass is 263 g/mol. The van der Waals surface area contributed by atoms with Crippen LogP contribution in [0.3, 0.4) is 0 Å². The average Bonchev–Trinajstić information content (AvgIpc) is 2.36. The first-order valence-corrected chi connectivity index (χ1v) is 6.76. The maximum Gasteiger partial charge on any atom is 0.168 e. The number of benzene rings is 1. The normalized spacial score (nSPS) is 11.7. The summed E-state index contributed by atoms with van der Waals surface area (Å²) in [6.45, 7) is 8.60. The van der Waals surface area contributed by atoms with Crippen LogP contribution >= 0.6 is 0 Å². The van der Waals surface area contributed by atoms with Gasteiger partial charge in [0.2, 0.25) is 0 Å². The number of carbonyl (C=O) groups excluding carboxylic acids is 1. The van der Waals surface area contributed by atoms with Gasteiger partial charge in [-0.2, -0.15) is 0 Å². The molecular weight excluding hydrogens is 238 g/mol. The van der Waals surface area contributed by atoms with E-state index in [4.69, 9.17) is 10.5 Å². The number of methoxy groups -OCH3 is 1. The Balaban J connectivity index is 3.15. The summed E-state index contributed by atoms with van der Waals surface area (Å²) >= 11 is 0. The van der Waals surface area contributed by atoms with Gasteiger partial charge in [0, 0.05) is 11.0 Å². The summed E-state index contributed by atoms with van der Waals surface area (Å²) in [5.41, 5.74) is 6.97. The summed E-state index contributed by atoms with van der Waals surface area (Å²) in [6.07, 6.45) is 0.689. The van der Waals surface area contributed by atoms with E-state index in [1.807, 2.05) is 32.0 Å². The highest BCUT2D eigenvalue weighted by Gasteiger charge is 2.28. The summed E-state index contributed by atoms with van der Waals surface area (Å²) in [6, 6.07) is 5.66. The van der Waals surface area contributed by atoms with E-state index in [9.17, 15) is 4.79 Å². The largest absolute Gasteiger partial charge is 0.496 e. The standard InChI is InChI=1S/C16H25NO2/c1-11(2)13-10-12(6-7-14(13)19-5)15(18)16(3,4)8-9-17/h6-7,10-11H,8-9,17H2,1-5H3. The molecule has 1 rings (SSSR count). The number of carbonyl (C=O) groups is 1. The molecule has 0 aliphatic carbocycles. The Morgan fingerprint density at radius 2 is 2.00 bits per heavy atom. The molecule has 0 saturated carbocycles. The summed E-state index contributed by atoms with van der Waals surface area (Å²) < 4.78 is 5.34. The van der Waals surface area contributed by atoms with Crippen LogP contribution in [-0.2, 0) is 0 Å². The zero-order valence-corrected chi connectivity index (χ0v) is 12.6. The fraction of sp³-hybridized carbons (Fsp3) is 0.562. The molecule has 0 atom stereocenters. The van der Waals surface area contributed by atoms with Crippen molar-refractivity contribution < 1.29 is 9.53 Å². The van der Waals surface area contributed by atoms with E-state index in [2.05, 4.69) is 13.8 Å². The number of rotatable bonds is 6. The quantitative estimate of drug-likeness (QED) is 0.800.